The molecule has 3 aromatic rings. The van der Waals surface area contributed by atoms with Crippen LogP contribution in [0.1, 0.15) is 22.9 Å². The molecule has 2 heterocycles. The Hall–Kier alpha value is -2.34. The molecule has 0 spiro atoms. The van der Waals surface area contributed by atoms with Gasteiger partial charge in [0, 0.05) is 30.6 Å². The molecule has 2 atom stereocenters. The summed E-state index contributed by atoms with van der Waals surface area (Å²) >= 11 is 0. The van der Waals surface area contributed by atoms with Gasteiger partial charge in [-0.15, -0.1) is 24.8 Å². The Morgan fingerprint density at radius 3 is 2.34 bits per heavy atom. The number of nitrogens with two attached hydrogens (primary N) is 1. The van der Waals surface area contributed by atoms with E-state index in [1.54, 1.807) is 0 Å². The largest absolute Gasteiger partial charge is 0.441 e. The number of hydrogen-bond donors (Lipinski definition) is 1. The van der Waals surface area contributed by atoms with E-state index in [0.717, 1.165) is 5.56 Å². The van der Waals surface area contributed by atoms with E-state index in [9.17, 15) is 4.79 Å². The average Bonchev–Trinajstić information content (AvgIpc) is 3.26. The number of carbonyl (C=O) groups is 1. The lowest BCUT2D eigenvalue weighted by atomic mass is 9.95. The van der Waals surface area contributed by atoms with Crippen molar-refractivity contribution in [2.24, 2.45) is 5.73 Å². The number of aryl methyl sites for hydroxylation is 1. The Kier molecular flexibility index (Phi) is 7.85. The first kappa shape index (κ1) is 22.9. The second-order valence-corrected chi connectivity index (χ2v) is 7.04. The summed E-state index contributed by atoms with van der Waals surface area (Å²) in [6.07, 6.45) is 0.233. The summed E-state index contributed by atoms with van der Waals surface area (Å²) in [5, 5.41) is 0. The minimum Gasteiger partial charge on any atom is -0.441 e. The van der Waals surface area contributed by atoms with E-state index in [-0.39, 0.29) is 49.1 Å². The van der Waals surface area contributed by atoms with Crippen molar-refractivity contribution < 1.29 is 9.21 Å². The fraction of sp³-hybridized carbons (Fsp3) is 0.273. The van der Waals surface area contributed by atoms with Crippen LogP contribution in [0.4, 0.5) is 0 Å². The summed E-state index contributed by atoms with van der Waals surface area (Å²) in [6.45, 7) is 3.07. The van der Waals surface area contributed by atoms with Crippen LogP contribution in [-0.4, -0.2) is 34.9 Å². The molecule has 4 rings (SSSR count). The number of oxazole rings is 1. The number of halogens is 2. The maximum Gasteiger partial charge on any atom is 0.228 e. The minimum atomic E-state index is -0.0466. The topological polar surface area (TPSA) is 72.4 Å². The maximum atomic E-state index is 12.8. The Morgan fingerprint density at radius 2 is 1.69 bits per heavy atom. The van der Waals surface area contributed by atoms with Crippen LogP contribution in [0.15, 0.2) is 65.1 Å². The lowest BCUT2D eigenvalue weighted by Gasteiger charge is -2.16. The van der Waals surface area contributed by atoms with Gasteiger partial charge >= 0.3 is 0 Å². The van der Waals surface area contributed by atoms with Gasteiger partial charge in [0.15, 0.2) is 0 Å². The molecule has 5 nitrogen and oxygen atoms in total. The first-order valence-corrected chi connectivity index (χ1v) is 9.22. The summed E-state index contributed by atoms with van der Waals surface area (Å²) in [6, 6.07) is 19.8. The highest BCUT2D eigenvalue weighted by Gasteiger charge is 2.34. The van der Waals surface area contributed by atoms with Crippen LogP contribution in [0.2, 0.25) is 0 Å². The summed E-state index contributed by atoms with van der Waals surface area (Å²) in [7, 11) is 0. The highest BCUT2D eigenvalue weighted by atomic mass is 35.5. The number of carbonyl (C=O) groups excluding carboxylic acids is 1. The van der Waals surface area contributed by atoms with E-state index in [0.29, 0.717) is 30.4 Å². The van der Waals surface area contributed by atoms with Gasteiger partial charge in [-0.3, -0.25) is 4.79 Å². The molecule has 0 saturated carbocycles. The average molecular weight is 434 g/mol. The summed E-state index contributed by atoms with van der Waals surface area (Å²) in [5.41, 5.74) is 9.10. The fourth-order valence-electron chi connectivity index (χ4n) is 3.64. The van der Waals surface area contributed by atoms with Gasteiger partial charge in [0.25, 0.3) is 0 Å². The third-order valence-corrected chi connectivity index (χ3v) is 5.18. The third-order valence-electron chi connectivity index (χ3n) is 5.18. The molecular formula is C22H25Cl2N3O2. The van der Waals surface area contributed by atoms with Crippen LogP contribution in [0.5, 0.6) is 0 Å². The van der Waals surface area contributed by atoms with Gasteiger partial charge in [-0.2, -0.15) is 0 Å². The highest BCUT2D eigenvalue weighted by molar-refractivity contribution is 5.85. The maximum absolute atomic E-state index is 12.8. The predicted octanol–water partition coefficient (Wildman–Crippen LogP) is 3.99. The number of hydrogen-bond acceptors (Lipinski definition) is 4. The zero-order valence-electron chi connectivity index (χ0n) is 16.2. The molecule has 0 aliphatic carbocycles. The lowest BCUT2D eigenvalue weighted by molar-refractivity contribution is -0.129. The number of amides is 1. The summed E-state index contributed by atoms with van der Waals surface area (Å²) in [5.74, 6) is 1.45. The van der Waals surface area contributed by atoms with Crippen molar-refractivity contribution in [2.75, 3.05) is 13.1 Å². The monoisotopic (exact) mass is 433 g/mol. The Bertz CT molecular complexity index is 932. The normalized spacial score (nSPS) is 18.1. The van der Waals surface area contributed by atoms with E-state index in [4.69, 9.17) is 10.2 Å². The first-order valence-electron chi connectivity index (χ1n) is 9.22. The molecule has 1 saturated heterocycles. The van der Waals surface area contributed by atoms with Gasteiger partial charge in [-0.25, -0.2) is 4.98 Å². The standard InChI is InChI=1S/C22H23N3O2.2ClH/c1-15-20(24-22(27-15)17-10-6-3-7-11-17)12-21(26)25-13-18(19(23)14-25)16-8-4-2-5-9-16;;/h2-11,18-19H,12-14,23H2,1H3;2*1H/t18-,19+;;/m0../s1. The molecule has 1 aliphatic rings. The van der Waals surface area contributed by atoms with Crippen LogP contribution in [0.3, 0.4) is 0 Å². The smallest absolute Gasteiger partial charge is 0.228 e. The zero-order valence-corrected chi connectivity index (χ0v) is 17.8. The van der Waals surface area contributed by atoms with E-state index >= 15 is 0 Å². The molecule has 7 heteroatoms. The second-order valence-electron chi connectivity index (χ2n) is 7.04. The third kappa shape index (κ3) is 4.99. The van der Waals surface area contributed by atoms with Crippen molar-refractivity contribution in [3.8, 4) is 11.5 Å². The Balaban J connectivity index is 0.00000150. The molecule has 1 aliphatic heterocycles. The number of nitrogens with zero attached hydrogens (tertiary/aromatic N) is 2. The van der Waals surface area contributed by atoms with E-state index in [2.05, 4.69) is 17.1 Å². The number of likely N-dealkylation sites (tertiary alicyclic amines) is 1. The molecule has 154 valence electrons. The van der Waals surface area contributed by atoms with Crippen molar-refractivity contribution >= 4 is 30.7 Å². The Labute approximate surface area is 183 Å². The highest BCUT2D eigenvalue weighted by Crippen LogP contribution is 2.27. The minimum absolute atomic E-state index is 0. The quantitative estimate of drug-likeness (QED) is 0.674. The molecule has 29 heavy (non-hydrogen) atoms. The summed E-state index contributed by atoms with van der Waals surface area (Å²) in [4.78, 5) is 19.2. The van der Waals surface area contributed by atoms with Crippen molar-refractivity contribution in [3.05, 3.63) is 77.7 Å². The van der Waals surface area contributed by atoms with Gasteiger partial charge in [-0.05, 0) is 24.6 Å². The van der Waals surface area contributed by atoms with Crippen molar-refractivity contribution in [3.63, 3.8) is 0 Å². The second kappa shape index (κ2) is 9.92. The summed E-state index contributed by atoms with van der Waals surface area (Å²) < 4.78 is 5.77. The molecular weight excluding hydrogens is 409 g/mol. The van der Waals surface area contributed by atoms with Gasteiger partial charge in [-0.1, -0.05) is 48.5 Å². The van der Waals surface area contributed by atoms with E-state index in [1.165, 1.54) is 5.56 Å². The predicted molar refractivity (Wildman–Crippen MR) is 119 cm³/mol. The molecule has 1 fully saturated rings. The van der Waals surface area contributed by atoms with Gasteiger partial charge < -0.3 is 15.1 Å². The number of benzene rings is 2. The van der Waals surface area contributed by atoms with Crippen LogP contribution in [0, 0.1) is 6.92 Å². The molecule has 0 bridgehead atoms. The zero-order chi connectivity index (χ0) is 18.8. The molecule has 1 aromatic heterocycles. The van der Waals surface area contributed by atoms with Gasteiger partial charge in [0.1, 0.15) is 5.76 Å². The lowest BCUT2D eigenvalue weighted by Crippen LogP contribution is -2.33. The molecule has 0 radical (unpaired) electrons. The Morgan fingerprint density at radius 1 is 1.07 bits per heavy atom. The number of aromatic nitrogens is 1. The van der Waals surface area contributed by atoms with Crippen LogP contribution in [0.25, 0.3) is 11.5 Å². The fourth-order valence-corrected chi connectivity index (χ4v) is 3.64. The molecule has 2 N–H and O–H groups in total. The van der Waals surface area contributed by atoms with Gasteiger partial charge in [0.05, 0.1) is 12.1 Å². The molecule has 0 unspecified atom stereocenters. The first-order chi connectivity index (χ1) is 13.1. The molecule has 2 aromatic carbocycles. The SMILES string of the molecule is Cc1oc(-c2ccccc2)nc1CC(=O)N1C[C@@H](N)[C@H](c2ccccc2)C1.Cl.Cl. The van der Waals surface area contributed by atoms with Gasteiger partial charge in [0.2, 0.25) is 11.8 Å². The number of rotatable bonds is 4. The van der Waals surface area contributed by atoms with E-state index < -0.39 is 0 Å². The van der Waals surface area contributed by atoms with Crippen LogP contribution in [-0.2, 0) is 11.2 Å². The van der Waals surface area contributed by atoms with Crippen molar-refractivity contribution in [1.29, 1.82) is 0 Å². The van der Waals surface area contributed by atoms with Crippen molar-refractivity contribution in [2.45, 2.75) is 25.3 Å². The van der Waals surface area contributed by atoms with Crippen LogP contribution < -0.4 is 5.73 Å². The molecule has 1 amide bonds. The van der Waals surface area contributed by atoms with Crippen LogP contribution >= 0.6 is 24.8 Å². The van der Waals surface area contributed by atoms with E-state index in [1.807, 2.05) is 60.4 Å². The van der Waals surface area contributed by atoms with Crippen molar-refractivity contribution in [1.82, 2.24) is 9.88 Å².